The number of carbonyl (C=O) groups is 2. The molecule has 108 valence electrons. The van der Waals surface area contributed by atoms with E-state index in [1.54, 1.807) is 6.07 Å². The number of carbonyl (C=O) groups excluding carboxylic acids is 1. The summed E-state index contributed by atoms with van der Waals surface area (Å²) in [6.45, 7) is 2.70. The zero-order chi connectivity index (χ0) is 14.5. The number of nitrogens with zero attached hydrogens (tertiary/aromatic N) is 1. The summed E-state index contributed by atoms with van der Waals surface area (Å²) in [6.07, 6.45) is 5.00. The number of benzene rings is 1. The molecule has 0 saturated carbocycles. The van der Waals surface area contributed by atoms with E-state index in [2.05, 4.69) is 6.92 Å². The fraction of sp³-hybridized carbons (Fsp3) is 0.500. The smallest absolute Gasteiger partial charge is 0.326 e. The highest BCUT2D eigenvalue weighted by molar-refractivity contribution is 5.97. The van der Waals surface area contributed by atoms with E-state index < -0.39 is 12.0 Å². The minimum atomic E-state index is -0.913. The Balaban J connectivity index is 2.03. The van der Waals surface area contributed by atoms with Crippen molar-refractivity contribution in [2.45, 2.75) is 45.1 Å². The van der Waals surface area contributed by atoms with Gasteiger partial charge in [-0.2, -0.15) is 0 Å². The van der Waals surface area contributed by atoms with E-state index in [4.69, 9.17) is 5.11 Å². The van der Waals surface area contributed by atoms with Gasteiger partial charge in [0.2, 0.25) is 0 Å². The summed E-state index contributed by atoms with van der Waals surface area (Å²) in [7, 11) is 0. The van der Waals surface area contributed by atoms with Gasteiger partial charge in [-0.25, -0.2) is 4.79 Å². The van der Waals surface area contributed by atoms with Crippen LogP contribution in [0.1, 0.15) is 48.5 Å². The lowest BCUT2D eigenvalue weighted by molar-refractivity contribution is -0.146. The lowest BCUT2D eigenvalue weighted by Crippen LogP contribution is -2.55. The van der Waals surface area contributed by atoms with Gasteiger partial charge in [-0.05, 0) is 37.0 Å². The third-order valence-corrected chi connectivity index (χ3v) is 3.81. The topological polar surface area (TPSA) is 57.6 Å². The largest absolute Gasteiger partial charge is 0.480 e. The summed E-state index contributed by atoms with van der Waals surface area (Å²) < 4.78 is 0. The van der Waals surface area contributed by atoms with Crippen LogP contribution in [-0.2, 0) is 11.2 Å². The maximum Gasteiger partial charge on any atom is 0.326 e. The molecule has 1 aromatic carbocycles. The van der Waals surface area contributed by atoms with E-state index in [1.165, 1.54) is 17.7 Å². The van der Waals surface area contributed by atoms with Crippen LogP contribution < -0.4 is 0 Å². The summed E-state index contributed by atoms with van der Waals surface area (Å²) >= 11 is 0. The molecule has 20 heavy (non-hydrogen) atoms. The number of rotatable bonds is 6. The van der Waals surface area contributed by atoms with E-state index in [1.807, 2.05) is 18.2 Å². The number of likely N-dealkylation sites (tertiary alicyclic amines) is 1. The lowest BCUT2D eigenvalue weighted by Gasteiger charge is -2.38. The second-order valence-electron chi connectivity index (χ2n) is 5.30. The van der Waals surface area contributed by atoms with Crippen LogP contribution >= 0.6 is 0 Å². The van der Waals surface area contributed by atoms with Crippen molar-refractivity contribution in [3.8, 4) is 0 Å². The van der Waals surface area contributed by atoms with Crippen molar-refractivity contribution in [2.24, 2.45) is 0 Å². The molecule has 0 aliphatic carbocycles. The minimum absolute atomic E-state index is 0.166. The molecular formula is C16H21NO3. The van der Waals surface area contributed by atoms with Crippen LogP contribution in [0, 0.1) is 0 Å². The van der Waals surface area contributed by atoms with Crippen LogP contribution in [0.5, 0.6) is 0 Å². The van der Waals surface area contributed by atoms with Gasteiger partial charge in [0.25, 0.3) is 5.91 Å². The Morgan fingerprint density at radius 1 is 1.35 bits per heavy atom. The third-order valence-electron chi connectivity index (χ3n) is 3.81. The van der Waals surface area contributed by atoms with E-state index in [0.29, 0.717) is 18.5 Å². The summed E-state index contributed by atoms with van der Waals surface area (Å²) in [6, 6.07) is 6.92. The first kappa shape index (κ1) is 14.6. The van der Waals surface area contributed by atoms with Crippen molar-refractivity contribution in [3.05, 3.63) is 35.4 Å². The minimum Gasteiger partial charge on any atom is -0.480 e. The highest BCUT2D eigenvalue weighted by atomic mass is 16.4. The van der Waals surface area contributed by atoms with Gasteiger partial charge < -0.3 is 10.0 Å². The molecule has 1 saturated heterocycles. The van der Waals surface area contributed by atoms with Gasteiger partial charge >= 0.3 is 5.97 Å². The third kappa shape index (κ3) is 3.18. The van der Waals surface area contributed by atoms with Gasteiger partial charge in [-0.1, -0.05) is 31.9 Å². The predicted octanol–water partition coefficient (Wildman–Crippen LogP) is 2.72. The summed E-state index contributed by atoms with van der Waals surface area (Å²) in [5.74, 6) is -1.08. The fourth-order valence-corrected chi connectivity index (χ4v) is 2.49. The number of aliphatic carboxylic acids is 1. The molecule has 1 unspecified atom stereocenters. The van der Waals surface area contributed by atoms with Gasteiger partial charge in [-0.3, -0.25) is 4.79 Å². The van der Waals surface area contributed by atoms with Crippen LogP contribution in [0.2, 0.25) is 0 Å². The molecule has 1 N–H and O–H groups in total. The zero-order valence-electron chi connectivity index (χ0n) is 11.8. The van der Waals surface area contributed by atoms with Gasteiger partial charge in [-0.15, -0.1) is 0 Å². The Hall–Kier alpha value is -1.84. The van der Waals surface area contributed by atoms with Crippen molar-refractivity contribution < 1.29 is 14.7 Å². The molecule has 1 atom stereocenters. The predicted molar refractivity (Wildman–Crippen MR) is 76.7 cm³/mol. The SMILES string of the molecule is CCCCCc1cccc(C(=O)N2CCC2C(=O)O)c1. The van der Waals surface area contributed by atoms with Gasteiger partial charge in [0.1, 0.15) is 6.04 Å². The number of hydrogen-bond acceptors (Lipinski definition) is 2. The first-order valence-corrected chi connectivity index (χ1v) is 7.26. The Morgan fingerprint density at radius 3 is 2.75 bits per heavy atom. The quantitative estimate of drug-likeness (QED) is 0.812. The molecule has 1 aliphatic heterocycles. The molecule has 4 nitrogen and oxygen atoms in total. The van der Waals surface area contributed by atoms with E-state index in [0.717, 1.165) is 18.4 Å². The zero-order valence-corrected chi connectivity index (χ0v) is 11.8. The molecular weight excluding hydrogens is 254 g/mol. The van der Waals surface area contributed by atoms with E-state index in [9.17, 15) is 9.59 Å². The molecule has 0 aromatic heterocycles. The van der Waals surface area contributed by atoms with Crippen molar-refractivity contribution in [1.82, 2.24) is 4.90 Å². The molecule has 0 radical (unpaired) electrons. The monoisotopic (exact) mass is 275 g/mol. The van der Waals surface area contributed by atoms with E-state index in [-0.39, 0.29) is 5.91 Å². The normalized spacial score (nSPS) is 17.6. The Morgan fingerprint density at radius 2 is 2.15 bits per heavy atom. The number of aryl methyl sites for hydroxylation is 1. The Bertz CT molecular complexity index is 498. The number of amides is 1. The first-order valence-electron chi connectivity index (χ1n) is 7.26. The summed E-state index contributed by atoms with van der Waals surface area (Å²) in [5.41, 5.74) is 1.75. The average molecular weight is 275 g/mol. The van der Waals surface area contributed by atoms with Crippen LogP contribution in [0.3, 0.4) is 0 Å². The standard InChI is InChI=1S/C16H21NO3/c1-2-3-4-6-12-7-5-8-13(11-12)15(18)17-10-9-14(17)16(19)20/h5,7-8,11,14H,2-4,6,9-10H2,1H3,(H,19,20). The second-order valence-corrected chi connectivity index (χ2v) is 5.30. The first-order chi connectivity index (χ1) is 9.63. The molecule has 0 spiro atoms. The maximum absolute atomic E-state index is 12.3. The molecule has 4 heteroatoms. The highest BCUT2D eigenvalue weighted by Gasteiger charge is 2.37. The molecule has 1 heterocycles. The van der Waals surface area contributed by atoms with Crippen molar-refractivity contribution in [1.29, 1.82) is 0 Å². The average Bonchev–Trinajstić information content (AvgIpc) is 2.37. The molecule has 1 amide bonds. The lowest BCUT2D eigenvalue weighted by atomic mass is 9.99. The van der Waals surface area contributed by atoms with Crippen molar-refractivity contribution in [2.75, 3.05) is 6.54 Å². The molecule has 1 aliphatic rings. The Kier molecular flexibility index (Phi) is 4.77. The number of unbranched alkanes of at least 4 members (excludes halogenated alkanes) is 2. The van der Waals surface area contributed by atoms with Crippen LogP contribution in [-0.4, -0.2) is 34.5 Å². The molecule has 2 rings (SSSR count). The number of carboxylic acids is 1. The molecule has 1 aromatic rings. The van der Waals surface area contributed by atoms with Crippen molar-refractivity contribution >= 4 is 11.9 Å². The van der Waals surface area contributed by atoms with Gasteiger partial charge in [0, 0.05) is 12.1 Å². The van der Waals surface area contributed by atoms with Crippen LogP contribution in [0.15, 0.2) is 24.3 Å². The van der Waals surface area contributed by atoms with Gasteiger partial charge in [0.05, 0.1) is 0 Å². The van der Waals surface area contributed by atoms with Crippen LogP contribution in [0.25, 0.3) is 0 Å². The maximum atomic E-state index is 12.3. The summed E-state index contributed by atoms with van der Waals surface area (Å²) in [5, 5.41) is 9.00. The molecule has 0 bridgehead atoms. The number of carboxylic acid groups (broad SMARTS) is 1. The summed E-state index contributed by atoms with van der Waals surface area (Å²) in [4.78, 5) is 24.7. The molecule has 1 fully saturated rings. The van der Waals surface area contributed by atoms with Crippen molar-refractivity contribution in [3.63, 3.8) is 0 Å². The van der Waals surface area contributed by atoms with Crippen LogP contribution in [0.4, 0.5) is 0 Å². The Labute approximate surface area is 119 Å². The van der Waals surface area contributed by atoms with Gasteiger partial charge in [0.15, 0.2) is 0 Å². The fourth-order valence-electron chi connectivity index (χ4n) is 2.49. The van der Waals surface area contributed by atoms with E-state index >= 15 is 0 Å². The second kappa shape index (κ2) is 6.55. The number of hydrogen-bond donors (Lipinski definition) is 1. The highest BCUT2D eigenvalue weighted by Crippen LogP contribution is 2.21.